The van der Waals surface area contributed by atoms with Crippen molar-refractivity contribution in [3.63, 3.8) is 0 Å². The lowest BCUT2D eigenvalue weighted by Gasteiger charge is -2.31. The van der Waals surface area contributed by atoms with Crippen molar-refractivity contribution in [2.45, 2.75) is 50.6 Å². The first-order chi connectivity index (χ1) is 8.16. The summed E-state index contributed by atoms with van der Waals surface area (Å²) < 4.78 is 0. The highest BCUT2D eigenvalue weighted by molar-refractivity contribution is 5.69. The Balaban J connectivity index is 1.79. The molecule has 1 atom stereocenters. The summed E-state index contributed by atoms with van der Waals surface area (Å²) >= 11 is 0. The molecule has 2 fully saturated rings. The Labute approximate surface area is 104 Å². The Hall–Kier alpha value is -0.610. The average molecular weight is 240 g/mol. The van der Waals surface area contributed by atoms with Crippen LogP contribution in [0.15, 0.2) is 0 Å². The topological polar surface area (TPSA) is 43.8 Å². The molecular weight excluding hydrogens is 216 g/mol. The van der Waals surface area contributed by atoms with E-state index in [1.807, 2.05) is 11.9 Å². The molecule has 1 aliphatic carbocycles. The second-order valence-corrected chi connectivity index (χ2v) is 5.54. The van der Waals surface area contributed by atoms with Gasteiger partial charge in [-0.2, -0.15) is 0 Å². The van der Waals surface area contributed by atoms with Crippen LogP contribution in [0.2, 0.25) is 0 Å². The minimum Gasteiger partial charge on any atom is -0.480 e. The molecule has 0 spiro atoms. The first-order valence-electron chi connectivity index (χ1n) is 6.83. The first-order valence-corrected chi connectivity index (χ1v) is 6.83. The van der Waals surface area contributed by atoms with Crippen LogP contribution in [0.5, 0.6) is 0 Å². The molecule has 2 aliphatic rings. The van der Waals surface area contributed by atoms with Crippen molar-refractivity contribution in [1.82, 2.24) is 9.80 Å². The van der Waals surface area contributed by atoms with E-state index in [9.17, 15) is 4.79 Å². The van der Waals surface area contributed by atoms with Crippen LogP contribution < -0.4 is 0 Å². The third-order valence-electron chi connectivity index (χ3n) is 4.29. The molecule has 1 unspecified atom stereocenters. The van der Waals surface area contributed by atoms with Gasteiger partial charge in [-0.3, -0.25) is 14.6 Å². The molecule has 4 heteroatoms. The second kappa shape index (κ2) is 5.83. The number of rotatable bonds is 4. The molecule has 0 radical (unpaired) electrons. The summed E-state index contributed by atoms with van der Waals surface area (Å²) in [6.07, 6.45) is 7.95. The van der Waals surface area contributed by atoms with E-state index in [4.69, 9.17) is 5.11 Å². The summed E-state index contributed by atoms with van der Waals surface area (Å²) in [4.78, 5) is 15.3. The van der Waals surface area contributed by atoms with E-state index in [0.717, 1.165) is 25.6 Å². The second-order valence-electron chi connectivity index (χ2n) is 5.54. The number of hydrogen-bond acceptors (Lipinski definition) is 3. The van der Waals surface area contributed by atoms with Crippen molar-refractivity contribution in [3.8, 4) is 0 Å². The van der Waals surface area contributed by atoms with Crippen LogP contribution in [0.1, 0.15) is 38.5 Å². The molecule has 98 valence electrons. The predicted octanol–water partition coefficient (Wildman–Crippen LogP) is 1.41. The quantitative estimate of drug-likeness (QED) is 0.807. The van der Waals surface area contributed by atoms with Gasteiger partial charge in [-0.1, -0.05) is 19.3 Å². The molecule has 1 N–H and O–H groups in total. The Morgan fingerprint density at radius 2 is 2.00 bits per heavy atom. The van der Waals surface area contributed by atoms with Crippen molar-refractivity contribution in [3.05, 3.63) is 0 Å². The van der Waals surface area contributed by atoms with E-state index in [0.29, 0.717) is 6.04 Å². The van der Waals surface area contributed by atoms with Crippen molar-refractivity contribution < 1.29 is 9.90 Å². The Morgan fingerprint density at radius 3 is 2.65 bits per heavy atom. The number of likely N-dealkylation sites (N-methyl/N-ethyl adjacent to an activating group) is 1. The molecule has 2 rings (SSSR count). The van der Waals surface area contributed by atoms with Crippen LogP contribution in [0.4, 0.5) is 0 Å². The zero-order valence-corrected chi connectivity index (χ0v) is 10.8. The van der Waals surface area contributed by atoms with Crippen LogP contribution in [0, 0.1) is 0 Å². The summed E-state index contributed by atoms with van der Waals surface area (Å²) in [5.74, 6) is -0.719. The highest BCUT2D eigenvalue weighted by Crippen LogP contribution is 2.26. The number of aliphatic carboxylic acids is 1. The Bertz CT molecular complexity index is 264. The molecule has 0 aromatic heterocycles. The van der Waals surface area contributed by atoms with Crippen LogP contribution >= 0.6 is 0 Å². The molecule has 0 bridgehead atoms. The van der Waals surface area contributed by atoms with E-state index in [1.165, 1.54) is 32.1 Å². The predicted molar refractivity (Wildman–Crippen MR) is 67.1 cm³/mol. The molecule has 17 heavy (non-hydrogen) atoms. The molecular formula is C13H24N2O2. The van der Waals surface area contributed by atoms with E-state index >= 15 is 0 Å². The molecule has 1 saturated carbocycles. The van der Waals surface area contributed by atoms with Gasteiger partial charge in [-0.05, 0) is 26.3 Å². The molecule has 1 heterocycles. The minimum absolute atomic E-state index is 0.170. The van der Waals surface area contributed by atoms with Gasteiger partial charge >= 0.3 is 5.97 Å². The van der Waals surface area contributed by atoms with Gasteiger partial charge in [0.05, 0.1) is 6.54 Å². The normalized spacial score (nSPS) is 27.8. The zero-order valence-electron chi connectivity index (χ0n) is 10.8. The van der Waals surface area contributed by atoms with Crippen molar-refractivity contribution in [2.75, 3.05) is 26.7 Å². The minimum atomic E-state index is -0.719. The largest absolute Gasteiger partial charge is 0.480 e. The van der Waals surface area contributed by atoms with E-state index in [1.54, 1.807) is 0 Å². The fraction of sp³-hybridized carbons (Fsp3) is 0.923. The Morgan fingerprint density at radius 1 is 1.29 bits per heavy atom. The highest BCUT2D eigenvalue weighted by Gasteiger charge is 2.31. The smallest absolute Gasteiger partial charge is 0.317 e. The summed E-state index contributed by atoms with van der Waals surface area (Å²) in [7, 11) is 1.93. The van der Waals surface area contributed by atoms with Crippen molar-refractivity contribution in [1.29, 1.82) is 0 Å². The fourth-order valence-corrected chi connectivity index (χ4v) is 3.25. The van der Waals surface area contributed by atoms with Gasteiger partial charge in [0.15, 0.2) is 0 Å². The van der Waals surface area contributed by atoms with Gasteiger partial charge in [-0.25, -0.2) is 0 Å². The number of carboxylic acids is 1. The third-order valence-corrected chi connectivity index (χ3v) is 4.29. The highest BCUT2D eigenvalue weighted by atomic mass is 16.4. The number of carbonyl (C=O) groups is 1. The van der Waals surface area contributed by atoms with Gasteiger partial charge in [0.25, 0.3) is 0 Å². The third kappa shape index (κ3) is 3.42. The standard InChI is InChI=1S/C13H24N2O2/c1-14(10-13(16)17)12-7-8-15(9-12)11-5-3-2-4-6-11/h11-12H,2-10H2,1H3,(H,16,17). The van der Waals surface area contributed by atoms with Gasteiger partial charge < -0.3 is 5.11 Å². The van der Waals surface area contributed by atoms with Gasteiger partial charge in [0.2, 0.25) is 0 Å². The lowest BCUT2D eigenvalue weighted by atomic mass is 9.94. The zero-order chi connectivity index (χ0) is 12.3. The summed E-state index contributed by atoms with van der Waals surface area (Å²) in [5.41, 5.74) is 0. The summed E-state index contributed by atoms with van der Waals surface area (Å²) in [6.45, 7) is 2.39. The van der Waals surface area contributed by atoms with Crippen molar-refractivity contribution in [2.24, 2.45) is 0 Å². The van der Waals surface area contributed by atoms with Crippen LogP contribution in [-0.4, -0.2) is 59.6 Å². The van der Waals surface area contributed by atoms with Crippen molar-refractivity contribution >= 4 is 5.97 Å². The Kier molecular flexibility index (Phi) is 4.40. The maximum Gasteiger partial charge on any atom is 0.317 e. The molecule has 0 aromatic carbocycles. The molecule has 1 saturated heterocycles. The number of likely N-dealkylation sites (tertiary alicyclic amines) is 1. The maximum absolute atomic E-state index is 10.7. The average Bonchev–Trinajstić information content (AvgIpc) is 2.78. The number of carboxylic acid groups (broad SMARTS) is 1. The SMILES string of the molecule is CN(CC(=O)O)C1CCN(C2CCCCC2)C1. The number of hydrogen-bond donors (Lipinski definition) is 1. The monoisotopic (exact) mass is 240 g/mol. The van der Waals surface area contributed by atoms with Gasteiger partial charge in [0.1, 0.15) is 0 Å². The van der Waals surface area contributed by atoms with Crippen LogP contribution in [0.25, 0.3) is 0 Å². The fourth-order valence-electron chi connectivity index (χ4n) is 3.25. The van der Waals surface area contributed by atoms with Gasteiger partial charge in [0, 0.05) is 25.2 Å². The van der Waals surface area contributed by atoms with Crippen LogP contribution in [-0.2, 0) is 4.79 Å². The lowest BCUT2D eigenvalue weighted by Crippen LogP contribution is -2.40. The van der Waals surface area contributed by atoms with Gasteiger partial charge in [-0.15, -0.1) is 0 Å². The van der Waals surface area contributed by atoms with E-state index < -0.39 is 5.97 Å². The van der Waals surface area contributed by atoms with Crippen LogP contribution in [0.3, 0.4) is 0 Å². The summed E-state index contributed by atoms with van der Waals surface area (Å²) in [5, 5.41) is 8.80. The molecule has 0 amide bonds. The van der Waals surface area contributed by atoms with E-state index in [2.05, 4.69) is 4.90 Å². The number of nitrogens with zero attached hydrogens (tertiary/aromatic N) is 2. The molecule has 1 aliphatic heterocycles. The molecule has 4 nitrogen and oxygen atoms in total. The van der Waals surface area contributed by atoms with E-state index in [-0.39, 0.29) is 6.54 Å². The lowest BCUT2D eigenvalue weighted by molar-refractivity contribution is -0.138. The summed E-state index contributed by atoms with van der Waals surface area (Å²) in [6, 6.07) is 1.21. The maximum atomic E-state index is 10.7. The molecule has 0 aromatic rings. The first kappa shape index (κ1) is 12.8.